The van der Waals surface area contributed by atoms with Gasteiger partial charge in [0.1, 0.15) is 0 Å². The van der Waals surface area contributed by atoms with Crippen LogP contribution in [0.1, 0.15) is 32.8 Å². The van der Waals surface area contributed by atoms with Gasteiger partial charge in [-0.1, -0.05) is 24.6 Å². The molecule has 0 amide bonds. The number of benzene rings is 1. The second-order valence-corrected chi connectivity index (χ2v) is 6.48. The highest BCUT2D eigenvalue weighted by Crippen LogP contribution is 2.28. The number of rotatable bonds is 8. The molecule has 3 nitrogen and oxygen atoms in total. The molecule has 0 aliphatic carbocycles. The zero-order valence-electron chi connectivity index (χ0n) is 14.1. The highest BCUT2D eigenvalue weighted by molar-refractivity contribution is 6.30. The lowest BCUT2D eigenvalue weighted by Gasteiger charge is -2.34. The molecule has 2 N–H and O–H groups in total. The van der Waals surface area contributed by atoms with Crippen molar-refractivity contribution in [2.45, 2.75) is 45.7 Å². The third-order valence-corrected chi connectivity index (χ3v) is 4.10. The minimum atomic E-state index is 0.202. The van der Waals surface area contributed by atoms with Gasteiger partial charge in [-0.25, -0.2) is 0 Å². The van der Waals surface area contributed by atoms with E-state index in [1.807, 2.05) is 6.07 Å². The topological polar surface area (TPSA) is 32.5 Å². The van der Waals surface area contributed by atoms with Crippen molar-refractivity contribution in [1.82, 2.24) is 4.90 Å². The second kappa shape index (κ2) is 8.62. The molecule has 0 heterocycles. The molecule has 1 rings (SSSR count). The highest BCUT2D eigenvalue weighted by atomic mass is 35.5. The maximum absolute atomic E-state index is 6.23. The van der Waals surface area contributed by atoms with Crippen LogP contribution in [-0.2, 0) is 6.42 Å². The molecule has 120 valence electrons. The number of nitrogens with zero attached hydrogens (tertiary/aromatic N) is 2. The van der Waals surface area contributed by atoms with Crippen molar-refractivity contribution >= 4 is 17.3 Å². The number of hydrogen-bond acceptors (Lipinski definition) is 3. The first-order valence-corrected chi connectivity index (χ1v) is 8.22. The SMILES string of the molecule is CCC(N)Cc1ccc(Cl)cc1N(CC)C(C)CN(C)C. The molecule has 0 saturated heterocycles. The predicted octanol–water partition coefficient (Wildman–Crippen LogP) is 3.40. The standard InChI is InChI=1S/C17H30ClN3/c1-6-16(19)10-14-8-9-15(18)11-17(14)21(7-2)13(3)12-20(4)5/h8-9,11,13,16H,6-7,10,12,19H2,1-5H3. The van der Waals surface area contributed by atoms with Gasteiger partial charge in [0.15, 0.2) is 0 Å². The summed E-state index contributed by atoms with van der Waals surface area (Å²) in [7, 11) is 4.21. The van der Waals surface area contributed by atoms with E-state index in [2.05, 4.69) is 56.8 Å². The summed E-state index contributed by atoms with van der Waals surface area (Å²) in [5.74, 6) is 0. The first kappa shape index (κ1) is 18.3. The van der Waals surface area contributed by atoms with Gasteiger partial charge >= 0.3 is 0 Å². The molecule has 1 aromatic carbocycles. The van der Waals surface area contributed by atoms with E-state index in [9.17, 15) is 0 Å². The van der Waals surface area contributed by atoms with Gasteiger partial charge in [-0.2, -0.15) is 0 Å². The molecule has 2 atom stereocenters. The van der Waals surface area contributed by atoms with Crippen LogP contribution >= 0.6 is 11.6 Å². The van der Waals surface area contributed by atoms with Crippen LogP contribution in [0, 0.1) is 0 Å². The Morgan fingerprint density at radius 1 is 1.24 bits per heavy atom. The molecule has 0 fully saturated rings. The Morgan fingerprint density at radius 3 is 2.43 bits per heavy atom. The molecule has 0 radical (unpaired) electrons. The number of halogens is 1. The Morgan fingerprint density at radius 2 is 1.90 bits per heavy atom. The van der Waals surface area contributed by atoms with E-state index in [0.717, 1.165) is 31.0 Å². The van der Waals surface area contributed by atoms with Crippen LogP contribution in [-0.4, -0.2) is 44.2 Å². The largest absolute Gasteiger partial charge is 0.368 e. The van der Waals surface area contributed by atoms with Crippen LogP contribution in [0.4, 0.5) is 5.69 Å². The fraction of sp³-hybridized carbons (Fsp3) is 0.647. The Bertz CT molecular complexity index is 434. The van der Waals surface area contributed by atoms with Crippen molar-refractivity contribution < 1.29 is 0 Å². The Kier molecular flexibility index (Phi) is 7.50. The molecular weight excluding hydrogens is 282 g/mol. The lowest BCUT2D eigenvalue weighted by atomic mass is 10.0. The number of hydrogen-bond donors (Lipinski definition) is 1. The van der Waals surface area contributed by atoms with Crippen LogP contribution in [0.25, 0.3) is 0 Å². The Balaban J connectivity index is 3.08. The smallest absolute Gasteiger partial charge is 0.0426 e. The lowest BCUT2D eigenvalue weighted by Crippen LogP contribution is -2.40. The van der Waals surface area contributed by atoms with Gasteiger partial charge in [-0.15, -0.1) is 0 Å². The summed E-state index contributed by atoms with van der Waals surface area (Å²) < 4.78 is 0. The minimum absolute atomic E-state index is 0.202. The maximum atomic E-state index is 6.23. The molecule has 2 unspecified atom stereocenters. The van der Waals surface area contributed by atoms with Crippen molar-refractivity contribution in [2.75, 3.05) is 32.1 Å². The summed E-state index contributed by atoms with van der Waals surface area (Å²) in [5.41, 5.74) is 8.67. The Hall–Kier alpha value is -0.770. The molecular formula is C17H30ClN3. The molecule has 0 saturated carbocycles. The Labute approximate surface area is 135 Å². The van der Waals surface area contributed by atoms with Crippen LogP contribution in [0.5, 0.6) is 0 Å². The lowest BCUT2D eigenvalue weighted by molar-refractivity contribution is 0.372. The summed E-state index contributed by atoms with van der Waals surface area (Å²) >= 11 is 6.23. The van der Waals surface area contributed by atoms with Crippen LogP contribution in [0.15, 0.2) is 18.2 Å². The predicted molar refractivity (Wildman–Crippen MR) is 94.5 cm³/mol. The van der Waals surface area contributed by atoms with E-state index >= 15 is 0 Å². The van der Waals surface area contributed by atoms with E-state index < -0.39 is 0 Å². The van der Waals surface area contributed by atoms with E-state index in [-0.39, 0.29) is 6.04 Å². The molecule has 0 aliphatic rings. The van der Waals surface area contributed by atoms with Gasteiger partial charge < -0.3 is 15.5 Å². The summed E-state index contributed by atoms with van der Waals surface area (Å²) in [4.78, 5) is 4.64. The van der Waals surface area contributed by atoms with Crippen molar-refractivity contribution in [3.8, 4) is 0 Å². The monoisotopic (exact) mass is 311 g/mol. The molecule has 21 heavy (non-hydrogen) atoms. The van der Waals surface area contributed by atoms with Gasteiger partial charge in [-0.05, 0) is 58.5 Å². The van der Waals surface area contributed by atoms with Crippen molar-refractivity contribution in [3.63, 3.8) is 0 Å². The van der Waals surface area contributed by atoms with E-state index in [4.69, 9.17) is 17.3 Å². The third kappa shape index (κ3) is 5.50. The molecule has 4 heteroatoms. The molecule has 0 bridgehead atoms. The number of nitrogens with two attached hydrogens (primary N) is 1. The normalized spacial score (nSPS) is 14.3. The van der Waals surface area contributed by atoms with Crippen molar-refractivity contribution in [1.29, 1.82) is 0 Å². The van der Waals surface area contributed by atoms with Crippen LogP contribution in [0.3, 0.4) is 0 Å². The molecule has 0 aromatic heterocycles. The molecule has 0 aliphatic heterocycles. The summed E-state index contributed by atoms with van der Waals surface area (Å²) in [6.07, 6.45) is 1.88. The average Bonchev–Trinajstić information content (AvgIpc) is 2.41. The van der Waals surface area contributed by atoms with Gasteiger partial charge in [0.25, 0.3) is 0 Å². The first-order valence-electron chi connectivity index (χ1n) is 7.84. The number of anilines is 1. The van der Waals surface area contributed by atoms with Crippen molar-refractivity contribution in [3.05, 3.63) is 28.8 Å². The fourth-order valence-electron chi connectivity index (χ4n) is 2.75. The first-order chi connectivity index (χ1) is 9.88. The van der Waals surface area contributed by atoms with Crippen LogP contribution in [0.2, 0.25) is 5.02 Å². The minimum Gasteiger partial charge on any atom is -0.368 e. The van der Waals surface area contributed by atoms with Gasteiger partial charge in [0.2, 0.25) is 0 Å². The van der Waals surface area contributed by atoms with Crippen molar-refractivity contribution in [2.24, 2.45) is 5.73 Å². The fourth-order valence-corrected chi connectivity index (χ4v) is 2.92. The zero-order valence-corrected chi connectivity index (χ0v) is 14.8. The third-order valence-electron chi connectivity index (χ3n) is 3.87. The van der Waals surface area contributed by atoms with Gasteiger partial charge in [0, 0.05) is 35.9 Å². The summed E-state index contributed by atoms with van der Waals surface area (Å²) in [6.45, 7) is 8.56. The zero-order chi connectivity index (χ0) is 16.0. The number of likely N-dealkylation sites (N-methyl/N-ethyl adjacent to an activating group) is 2. The van der Waals surface area contributed by atoms with E-state index in [0.29, 0.717) is 6.04 Å². The van der Waals surface area contributed by atoms with Gasteiger partial charge in [-0.3, -0.25) is 0 Å². The van der Waals surface area contributed by atoms with Gasteiger partial charge in [0.05, 0.1) is 0 Å². The average molecular weight is 312 g/mol. The second-order valence-electron chi connectivity index (χ2n) is 6.04. The van der Waals surface area contributed by atoms with Crippen LogP contribution < -0.4 is 10.6 Å². The van der Waals surface area contributed by atoms with E-state index in [1.165, 1.54) is 11.3 Å². The quantitative estimate of drug-likeness (QED) is 0.798. The summed E-state index contributed by atoms with van der Waals surface area (Å²) in [5, 5.41) is 0.786. The maximum Gasteiger partial charge on any atom is 0.0426 e. The van der Waals surface area contributed by atoms with E-state index in [1.54, 1.807) is 0 Å². The summed E-state index contributed by atoms with van der Waals surface area (Å²) in [6, 6.07) is 6.80. The molecule has 0 spiro atoms. The molecule has 1 aromatic rings. The highest BCUT2D eigenvalue weighted by Gasteiger charge is 2.18.